The van der Waals surface area contributed by atoms with Crippen LogP contribution in [-0.2, 0) is 0 Å². The molecule has 0 heterocycles. The Hall–Kier alpha value is -3.68. The molecule has 0 atom stereocenters. The normalized spacial score (nSPS) is 10.0. The predicted octanol–water partition coefficient (Wildman–Crippen LogP) is 2.03. The molecule has 0 spiro atoms. The summed E-state index contributed by atoms with van der Waals surface area (Å²) in [5.74, 6) is -5.27. The molecule has 2 aromatic carbocycles. The molecule has 0 unspecified atom stereocenters. The van der Waals surface area contributed by atoms with Crippen LogP contribution in [0.5, 0.6) is 0 Å². The number of anilines is 1. The van der Waals surface area contributed by atoms with E-state index >= 15 is 0 Å². The summed E-state index contributed by atoms with van der Waals surface area (Å²) in [5, 5.41) is 29.6. The number of carboxylic acids is 3. The van der Waals surface area contributed by atoms with Crippen LogP contribution in [0.3, 0.4) is 0 Å². The second kappa shape index (κ2) is 6.61. The molecule has 0 saturated heterocycles. The summed E-state index contributed by atoms with van der Waals surface area (Å²) >= 11 is 0. The summed E-state index contributed by atoms with van der Waals surface area (Å²) in [6.07, 6.45) is 0. The Labute approximate surface area is 135 Å². The molecule has 24 heavy (non-hydrogen) atoms. The molecule has 0 radical (unpaired) electrons. The van der Waals surface area contributed by atoms with Gasteiger partial charge in [0, 0.05) is 0 Å². The molecule has 122 valence electrons. The lowest BCUT2D eigenvalue weighted by Crippen LogP contribution is -2.20. The van der Waals surface area contributed by atoms with Gasteiger partial charge in [-0.15, -0.1) is 0 Å². The number of carbonyl (C=O) groups is 4. The van der Waals surface area contributed by atoms with E-state index in [2.05, 4.69) is 5.32 Å². The highest BCUT2D eigenvalue weighted by Crippen LogP contribution is 2.20. The zero-order valence-electron chi connectivity index (χ0n) is 12.0. The van der Waals surface area contributed by atoms with Crippen molar-refractivity contribution < 1.29 is 34.5 Å². The van der Waals surface area contributed by atoms with E-state index in [0.29, 0.717) is 0 Å². The molecule has 2 rings (SSSR count). The van der Waals surface area contributed by atoms with Gasteiger partial charge in [0.2, 0.25) is 0 Å². The Balaban J connectivity index is 2.49. The first kappa shape index (κ1) is 16.7. The molecule has 1 amide bonds. The predicted molar refractivity (Wildman–Crippen MR) is 81.7 cm³/mol. The van der Waals surface area contributed by atoms with Crippen molar-refractivity contribution in [2.45, 2.75) is 0 Å². The molecule has 4 N–H and O–H groups in total. The van der Waals surface area contributed by atoms with Crippen LogP contribution < -0.4 is 5.32 Å². The van der Waals surface area contributed by atoms with Crippen LogP contribution in [0.25, 0.3) is 0 Å². The van der Waals surface area contributed by atoms with Gasteiger partial charge in [-0.1, -0.05) is 18.2 Å². The summed E-state index contributed by atoms with van der Waals surface area (Å²) < 4.78 is 0. The van der Waals surface area contributed by atoms with E-state index in [1.54, 1.807) is 0 Å². The van der Waals surface area contributed by atoms with E-state index in [0.717, 1.165) is 12.1 Å². The number of nitrogens with one attached hydrogen (secondary N) is 1. The van der Waals surface area contributed by atoms with Crippen LogP contribution in [0.1, 0.15) is 41.4 Å². The molecule has 0 fully saturated rings. The fraction of sp³-hybridized carbons (Fsp3) is 0. The van der Waals surface area contributed by atoms with Crippen molar-refractivity contribution in [3.63, 3.8) is 0 Å². The molecule has 8 nitrogen and oxygen atoms in total. The minimum absolute atomic E-state index is 0.0351. The van der Waals surface area contributed by atoms with Gasteiger partial charge in [-0.3, -0.25) is 4.79 Å². The zero-order chi connectivity index (χ0) is 17.9. The number of hydrogen-bond acceptors (Lipinski definition) is 4. The van der Waals surface area contributed by atoms with Gasteiger partial charge in [0.15, 0.2) is 0 Å². The van der Waals surface area contributed by atoms with Gasteiger partial charge in [-0.2, -0.15) is 0 Å². The average molecular weight is 329 g/mol. The summed E-state index contributed by atoms with van der Waals surface area (Å²) in [6.45, 7) is 0. The van der Waals surface area contributed by atoms with Crippen LogP contribution in [0.4, 0.5) is 5.69 Å². The van der Waals surface area contributed by atoms with Gasteiger partial charge in [-0.25, -0.2) is 14.4 Å². The van der Waals surface area contributed by atoms with Crippen molar-refractivity contribution in [3.05, 3.63) is 64.7 Å². The molecule has 8 heteroatoms. The van der Waals surface area contributed by atoms with E-state index in [1.165, 1.54) is 30.3 Å². The van der Waals surface area contributed by atoms with Crippen LogP contribution >= 0.6 is 0 Å². The monoisotopic (exact) mass is 329 g/mol. The highest BCUT2D eigenvalue weighted by atomic mass is 16.4. The first-order valence-corrected chi connectivity index (χ1v) is 6.56. The standard InChI is InChI=1S/C16H11NO7/c18-13(17-11-7-2-1-4-8(11)14(19)20)9-5-3-6-10(15(21)22)12(9)16(23)24/h1-7H,(H,17,18)(H,19,20)(H,21,22)(H,23,24). The van der Waals surface area contributed by atoms with Crippen molar-refractivity contribution in [1.29, 1.82) is 0 Å². The molecule has 0 aliphatic rings. The summed E-state index contributed by atoms with van der Waals surface area (Å²) in [4.78, 5) is 45.9. The van der Waals surface area contributed by atoms with E-state index in [-0.39, 0.29) is 16.8 Å². The quantitative estimate of drug-likeness (QED) is 0.657. The largest absolute Gasteiger partial charge is 0.478 e. The molecule has 0 aromatic heterocycles. The van der Waals surface area contributed by atoms with Crippen molar-refractivity contribution in [2.75, 3.05) is 5.32 Å². The Morgan fingerprint density at radius 1 is 0.667 bits per heavy atom. The summed E-state index contributed by atoms with van der Waals surface area (Å²) in [5.41, 5.74) is -1.82. The molecular formula is C16H11NO7. The van der Waals surface area contributed by atoms with E-state index < -0.39 is 34.9 Å². The fourth-order valence-corrected chi connectivity index (χ4v) is 2.12. The topological polar surface area (TPSA) is 141 Å². The second-order valence-corrected chi connectivity index (χ2v) is 4.64. The smallest absolute Gasteiger partial charge is 0.337 e. The van der Waals surface area contributed by atoms with Crippen LogP contribution in [0, 0.1) is 0 Å². The molecule has 0 aliphatic heterocycles. The van der Waals surface area contributed by atoms with Crippen molar-refractivity contribution in [3.8, 4) is 0 Å². The van der Waals surface area contributed by atoms with Crippen LogP contribution in [-0.4, -0.2) is 39.1 Å². The van der Waals surface area contributed by atoms with Crippen LogP contribution in [0.2, 0.25) is 0 Å². The molecular weight excluding hydrogens is 318 g/mol. The maximum Gasteiger partial charge on any atom is 0.337 e. The van der Waals surface area contributed by atoms with Crippen LogP contribution in [0.15, 0.2) is 42.5 Å². The molecule has 0 saturated carbocycles. The van der Waals surface area contributed by atoms with E-state index in [1.807, 2.05) is 0 Å². The maximum atomic E-state index is 12.3. The lowest BCUT2D eigenvalue weighted by Gasteiger charge is -2.11. The van der Waals surface area contributed by atoms with Gasteiger partial charge in [-0.05, 0) is 24.3 Å². The number of benzene rings is 2. The molecule has 0 bridgehead atoms. The zero-order valence-corrected chi connectivity index (χ0v) is 12.0. The lowest BCUT2D eigenvalue weighted by molar-refractivity contribution is 0.0649. The number of rotatable bonds is 5. The molecule has 0 aliphatic carbocycles. The highest BCUT2D eigenvalue weighted by molar-refractivity contribution is 6.15. The average Bonchev–Trinajstić information content (AvgIpc) is 2.54. The third-order valence-corrected chi connectivity index (χ3v) is 3.16. The first-order valence-electron chi connectivity index (χ1n) is 6.56. The number of carboxylic acid groups (broad SMARTS) is 3. The number of amides is 1. The first-order chi connectivity index (χ1) is 11.3. The van der Waals surface area contributed by atoms with Gasteiger partial charge >= 0.3 is 17.9 Å². The highest BCUT2D eigenvalue weighted by Gasteiger charge is 2.24. The van der Waals surface area contributed by atoms with Gasteiger partial charge in [0.1, 0.15) is 0 Å². The summed E-state index contributed by atoms with van der Waals surface area (Å²) in [6, 6.07) is 9.00. The number of carbonyl (C=O) groups excluding carboxylic acids is 1. The number of aromatic carboxylic acids is 3. The Morgan fingerprint density at radius 2 is 1.21 bits per heavy atom. The van der Waals surface area contributed by atoms with Gasteiger partial charge in [0.25, 0.3) is 5.91 Å². The number of hydrogen-bond donors (Lipinski definition) is 4. The Bertz CT molecular complexity index is 857. The molecule has 2 aromatic rings. The third kappa shape index (κ3) is 3.22. The Kier molecular flexibility index (Phi) is 4.60. The fourth-order valence-electron chi connectivity index (χ4n) is 2.12. The Morgan fingerprint density at radius 3 is 1.79 bits per heavy atom. The van der Waals surface area contributed by atoms with E-state index in [4.69, 9.17) is 10.2 Å². The lowest BCUT2D eigenvalue weighted by atomic mass is 10.00. The minimum atomic E-state index is -1.58. The van der Waals surface area contributed by atoms with Gasteiger partial charge < -0.3 is 20.6 Å². The third-order valence-electron chi connectivity index (χ3n) is 3.16. The SMILES string of the molecule is O=C(O)c1ccccc1NC(=O)c1cccc(C(=O)O)c1C(=O)O. The minimum Gasteiger partial charge on any atom is -0.478 e. The number of para-hydroxylation sites is 1. The summed E-state index contributed by atoms with van der Waals surface area (Å²) in [7, 11) is 0. The second-order valence-electron chi connectivity index (χ2n) is 4.64. The van der Waals surface area contributed by atoms with E-state index in [9.17, 15) is 24.3 Å². The van der Waals surface area contributed by atoms with Crippen molar-refractivity contribution in [2.24, 2.45) is 0 Å². The van der Waals surface area contributed by atoms with Gasteiger partial charge in [0.05, 0.1) is 27.9 Å². The van der Waals surface area contributed by atoms with Crippen molar-refractivity contribution in [1.82, 2.24) is 0 Å². The van der Waals surface area contributed by atoms with Crippen molar-refractivity contribution >= 4 is 29.5 Å². The maximum absolute atomic E-state index is 12.3.